The van der Waals surface area contributed by atoms with Gasteiger partial charge in [0.1, 0.15) is 71.7 Å². The highest BCUT2D eigenvalue weighted by Crippen LogP contribution is 2.35. The molecule has 0 aliphatic heterocycles. The van der Waals surface area contributed by atoms with Crippen molar-refractivity contribution in [2.24, 2.45) is 32.6 Å². The molecule has 29 nitrogen and oxygen atoms in total. The van der Waals surface area contributed by atoms with Crippen LogP contribution in [0.3, 0.4) is 0 Å². The molecule has 0 aliphatic carbocycles. The van der Waals surface area contributed by atoms with E-state index in [1.165, 1.54) is 70.3 Å². The Kier molecular flexibility index (Phi) is 18.5. The van der Waals surface area contributed by atoms with Crippen LogP contribution in [0.2, 0.25) is 0 Å². The monoisotopic (exact) mass is 1340 g/mol. The fourth-order valence-corrected chi connectivity index (χ4v) is 9.08. The maximum Gasteiger partial charge on any atom is 0.433 e. The highest BCUT2D eigenvalue weighted by Gasteiger charge is 2.37. The number of nitrogens with zero attached hydrogens (tertiary/aromatic N) is 16. The average molecular weight is 1340 g/mol. The molecule has 0 bridgehead atoms. The van der Waals surface area contributed by atoms with E-state index in [9.17, 15) is 63.9 Å². The third kappa shape index (κ3) is 15.6. The number of hydrogen-bond donors (Lipinski definition) is 5. The molecule has 0 saturated carbocycles. The van der Waals surface area contributed by atoms with Crippen LogP contribution in [0.15, 0.2) is 147 Å². The molecule has 0 atom stereocenters. The van der Waals surface area contributed by atoms with Crippen molar-refractivity contribution in [3.05, 3.63) is 186 Å². The molecule has 9 aromatic heterocycles. The molecular weight excluding hydrogens is 1290 g/mol. The van der Waals surface area contributed by atoms with Crippen molar-refractivity contribution in [1.82, 2.24) is 72.9 Å². The van der Waals surface area contributed by atoms with Crippen molar-refractivity contribution in [2.75, 3.05) is 23.0 Å². The first-order valence-corrected chi connectivity index (χ1v) is 27.3. The summed E-state index contributed by atoms with van der Waals surface area (Å²) < 4.78 is 140. The van der Waals surface area contributed by atoms with Crippen LogP contribution in [-0.4, -0.2) is 115 Å². The summed E-state index contributed by atoms with van der Waals surface area (Å²) in [4.78, 5) is 72.5. The molecule has 38 heteroatoms. The van der Waals surface area contributed by atoms with Crippen molar-refractivity contribution < 1.29 is 77.6 Å². The molecule has 3 aromatic carbocycles. The molecule has 4 amide bonds. The molecule has 12 aromatic rings. The van der Waals surface area contributed by atoms with Gasteiger partial charge in [0.25, 0.3) is 5.91 Å². The van der Waals surface area contributed by atoms with Crippen LogP contribution < -0.4 is 41.6 Å². The third-order valence-corrected chi connectivity index (χ3v) is 13.3. The minimum Gasteiger partial charge on any atom is -0.624 e. The average Bonchev–Trinajstić information content (AvgIpc) is 1.68. The number of carbonyl (C=O) groups excluding carboxylic acids is 4. The van der Waals surface area contributed by atoms with Gasteiger partial charge in [0.2, 0.25) is 17.6 Å². The molecule has 0 aliphatic rings. The minimum absolute atomic E-state index is 0.0119. The van der Waals surface area contributed by atoms with E-state index in [4.69, 9.17) is 25.7 Å². The van der Waals surface area contributed by atoms with Crippen LogP contribution in [0.25, 0.3) is 32.7 Å². The lowest BCUT2D eigenvalue weighted by atomic mass is 10.2. The van der Waals surface area contributed by atoms with E-state index in [2.05, 4.69) is 61.2 Å². The number of hydroxylamine groups is 1. The Labute approximate surface area is 531 Å². The summed E-state index contributed by atoms with van der Waals surface area (Å²) in [7, 11) is 4.75. The molecule has 9 heterocycles. The second-order valence-electron chi connectivity index (χ2n) is 20.0. The summed E-state index contributed by atoms with van der Waals surface area (Å²) in [6.07, 6.45) is -4.34. The van der Waals surface area contributed by atoms with Crippen LogP contribution >= 0.6 is 0 Å². The molecule has 0 saturated heterocycles. The third-order valence-electron chi connectivity index (χ3n) is 13.3. The first-order chi connectivity index (χ1) is 45.5. The predicted molar refractivity (Wildman–Crippen MR) is 321 cm³/mol. The molecule has 0 radical (unpaired) electrons. The zero-order valence-electron chi connectivity index (χ0n) is 49.6. The lowest BCUT2D eigenvalue weighted by Gasteiger charge is -2.07. The fraction of sp³-hybridized carbons (Fsp3) is 0.138. The maximum atomic E-state index is 12.9. The number of hydrogen-bond acceptors (Lipinski definition) is 18. The molecule has 96 heavy (non-hydrogen) atoms. The Morgan fingerprint density at radius 1 is 0.500 bits per heavy atom. The number of alkyl halides is 9. The van der Waals surface area contributed by atoms with Gasteiger partial charge in [-0.05, 0) is 72.8 Å². The van der Waals surface area contributed by atoms with E-state index in [1.54, 1.807) is 78.9 Å². The van der Waals surface area contributed by atoms with Crippen molar-refractivity contribution in [1.29, 1.82) is 0 Å². The van der Waals surface area contributed by atoms with Gasteiger partial charge in [0.05, 0.1) is 22.2 Å². The fourth-order valence-electron chi connectivity index (χ4n) is 9.08. The smallest absolute Gasteiger partial charge is 0.433 e. The molecular formula is C58H46F9N21O8. The molecule has 0 unspecified atom stereocenters. The van der Waals surface area contributed by atoms with Gasteiger partial charge in [-0.1, -0.05) is 0 Å². The van der Waals surface area contributed by atoms with Crippen molar-refractivity contribution in [3.63, 3.8) is 0 Å². The van der Waals surface area contributed by atoms with Gasteiger partial charge in [-0.2, -0.15) is 54.8 Å². The van der Waals surface area contributed by atoms with E-state index < -0.39 is 59.6 Å². The first kappa shape index (κ1) is 66.2. The zero-order chi connectivity index (χ0) is 69.0. The number of ether oxygens (including phenoxy) is 3. The highest BCUT2D eigenvalue weighted by molar-refractivity contribution is 6.00. The van der Waals surface area contributed by atoms with Crippen molar-refractivity contribution in [3.8, 4) is 34.9 Å². The number of halogens is 9. The Bertz CT molecular complexity index is 4950. The quantitative estimate of drug-likeness (QED) is 0.0249. The second kappa shape index (κ2) is 26.8. The topological polar surface area (TPSA) is 356 Å². The minimum atomic E-state index is -4.59. The number of benzene rings is 3. The number of amides is 4. The van der Waals surface area contributed by atoms with E-state index in [0.717, 1.165) is 45.7 Å². The van der Waals surface area contributed by atoms with Gasteiger partial charge in [0.15, 0.2) is 23.7 Å². The lowest BCUT2D eigenvalue weighted by molar-refractivity contribution is -0.416. The number of rotatable bonds is 12. The number of aryl methyl sites for hydroxylation is 3. The van der Waals surface area contributed by atoms with E-state index >= 15 is 0 Å². The van der Waals surface area contributed by atoms with Crippen LogP contribution in [0.1, 0.15) is 39.0 Å². The number of nitrogens with two attached hydrogens (primary N) is 2. The zero-order valence-corrected chi connectivity index (χ0v) is 49.6. The highest BCUT2D eigenvalue weighted by atomic mass is 19.4. The van der Waals surface area contributed by atoms with Gasteiger partial charge in [-0.3, -0.25) is 48.5 Å². The summed E-state index contributed by atoms with van der Waals surface area (Å²) >= 11 is 0. The summed E-state index contributed by atoms with van der Waals surface area (Å²) in [5.74, 6) is 0.495. The first-order valence-electron chi connectivity index (χ1n) is 27.3. The number of primary amides is 1. The van der Waals surface area contributed by atoms with E-state index in [-0.39, 0.29) is 41.5 Å². The van der Waals surface area contributed by atoms with Crippen molar-refractivity contribution in [2.45, 2.75) is 25.1 Å². The number of fused-ring (bicyclic) bond motifs is 3. The van der Waals surface area contributed by atoms with Gasteiger partial charge in [-0.25, -0.2) is 49.0 Å². The lowest BCUT2D eigenvalue weighted by Crippen LogP contribution is -2.18. The van der Waals surface area contributed by atoms with E-state index in [0.29, 0.717) is 86.0 Å². The van der Waals surface area contributed by atoms with Crippen LogP contribution in [0.4, 0.5) is 71.4 Å². The number of aromatic nitrogens is 15. The van der Waals surface area contributed by atoms with Crippen LogP contribution in [0, 0.1) is 5.21 Å². The number of anilines is 3. The standard InChI is InChI=1S/C20H16F3N7O3.C19H14F3N7O3.C19H16F3N7O2/c1-28(32)10-13-8-18(25-11-24-13)33-14-3-4-15-12(7-14)5-6-30(15)19(31)26-17-9-16(20(21,22)23)29(2)27-17;1-28-14(19(20,21)22)8-15(27-28)26-18(31)29-5-4-10-6-11(2-3-13(10)29)32-16-7-12(17(23)30)24-9-25-16;1-28-15(19(20,21)22)8-16(27-28)26-18(30)29-5-4-11-6-13(2-3-14(11)29)31-17-7-12(9-23)24-10-25-17/h3-11H,1-2H3,(H,26,27,31);2-9H,1H3,(H2,23,30)(H,26,27,31);2-8,10H,9,23H2,1H3,(H,26,27,30)/b28-10-;;. The van der Waals surface area contributed by atoms with Gasteiger partial charge in [0, 0.05) is 98.8 Å². The Balaban J connectivity index is 0.000000157. The van der Waals surface area contributed by atoms with E-state index in [1.807, 2.05) is 0 Å². The molecule has 494 valence electrons. The molecule has 7 N–H and O–H groups in total. The Morgan fingerprint density at radius 2 is 0.854 bits per heavy atom. The summed E-state index contributed by atoms with van der Waals surface area (Å²) in [5, 5.41) is 31.2. The summed E-state index contributed by atoms with van der Waals surface area (Å²) in [5.41, 5.74) is 10.3. The van der Waals surface area contributed by atoms with Crippen molar-refractivity contribution >= 4 is 80.4 Å². The number of carbonyl (C=O) groups is 4. The van der Waals surface area contributed by atoms with Crippen LogP contribution in [0.5, 0.6) is 34.9 Å². The second-order valence-corrected chi connectivity index (χ2v) is 20.0. The Morgan fingerprint density at radius 3 is 1.20 bits per heavy atom. The Hall–Kier alpha value is -12.8. The number of nitrogens with one attached hydrogen (secondary N) is 3. The summed E-state index contributed by atoms with van der Waals surface area (Å²) in [6, 6.07) is 24.2. The largest absolute Gasteiger partial charge is 0.624 e. The predicted octanol–water partition coefficient (Wildman–Crippen LogP) is 10.3. The molecule has 12 rings (SSSR count). The maximum absolute atomic E-state index is 12.9. The van der Waals surface area contributed by atoms with Gasteiger partial charge >= 0.3 is 36.6 Å². The normalized spacial score (nSPS) is 11.8. The summed E-state index contributed by atoms with van der Waals surface area (Å²) in [6.45, 7) is 0.247. The van der Waals surface area contributed by atoms with Gasteiger partial charge in [-0.15, -0.1) is 0 Å². The molecule has 0 fully saturated rings. The van der Waals surface area contributed by atoms with Crippen LogP contribution in [-0.2, 0) is 46.2 Å². The molecule has 0 spiro atoms. The SMILES string of the molecule is Cn1nc(NC(=O)n2ccc3cc(Oc4cc(/C=[N+](/C)[O-])ncn4)ccc32)cc1C(F)(F)F.Cn1nc(NC(=O)n2ccc3cc(Oc4cc(C(N)=O)ncn4)ccc32)cc1C(F)(F)F.Cn1nc(NC(=O)n2ccc3cc(Oc4cc(CN)ncn4)ccc32)cc1C(F)(F)F. The van der Waals surface area contributed by atoms with Gasteiger partial charge < -0.3 is 30.9 Å².